The lowest BCUT2D eigenvalue weighted by molar-refractivity contribution is 0.419. The van der Waals surface area contributed by atoms with Gasteiger partial charge in [0.1, 0.15) is 11.6 Å². The van der Waals surface area contributed by atoms with Crippen molar-refractivity contribution in [2.45, 2.75) is 85.7 Å². The zero-order valence-electron chi connectivity index (χ0n) is 21.6. The Bertz CT molecular complexity index is 1140. The van der Waals surface area contributed by atoms with Gasteiger partial charge in [-0.05, 0) is 80.0 Å². The van der Waals surface area contributed by atoms with E-state index in [9.17, 15) is 0 Å². The fourth-order valence-electron chi connectivity index (χ4n) is 6.13. The Hall–Kier alpha value is -2.72. The van der Waals surface area contributed by atoms with Gasteiger partial charge in [-0.3, -0.25) is 0 Å². The summed E-state index contributed by atoms with van der Waals surface area (Å²) in [4.78, 5) is 22.1. The van der Waals surface area contributed by atoms with E-state index < -0.39 is 0 Å². The van der Waals surface area contributed by atoms with Crippen molar-refractivity contribution in [2.75, 3.05) is 36.0 Å². The number of anilines is 2. The van der Waals surface area contributed by atoms with Crippen LogP contribution in [0.25, 0.3) is 0 Å². The summed E-state index contributed by atoms with van der Waals surface area (Å²) in [6.45, 7) is 5.39. The molecule has 216 valence electrons. The third kappa shape index (κ3) is 7.32. The molecule has 2 aromatic heterocycles. The summed E-state index contributed by atoms with van der Waals surface area (Å²) in [5.41, 5.74) is 4.58. The third-order valence-electron chi connectivity index (χ3n) is 7.92. The molecule has 11 heteroatoms. The molecule has 0 unspecified atom stereocenters. The van der Waals surface area contributed by atoms with Gasteiger partial charge in [-0.1, -0.05) is 14.9 Å². The summed E-state index contributed by atoms with van der Waals surface area (Å²) in [5, 5.41) is 21.7. The number of rotatable bonds is 4. The van der Waals surface area contributed by atoms with Gasteiger partial charge in [0.25, 0.3) is 0 Å². The minimum atomic E-state index is 0. The molecule has 6 rings (SSSR count). The Morgan fingerprint density at radius 2 is 1.27 bits per heavy atom. The normalized spacial score (nSPS) is 21.0. The highest BCUT2D eigenvalue weighted by Gasteiger charge is 2.28. The van der Waals surface area contributed by atoms with Crippen molar-refractivity contribution in [1.29, 1.82) is 10.5 Å². The first-order chi connectivity index (χ1) is 18.6. The lowest BCUT2D eigenvalue weighted by Gasteiger charge is -2.33. The molecule has 0 radical (unpaired) electrons. The minimum Gasteiger partial charge on any atom is -0.356 e. The third-order valence-corrected chi connectivity index (χ3v) is 8.26. The zero-order valence-corrected chi connectivity index (χ0v) is 23.1. The highest BCUT2D eigenvalue weighted by molar-refractivity contribution is 6.28. The average Bonchev–Trinajstić information content (AvgIpc) is 3.58. The molecule has 2 aromatic rings. The number of piperidine rings is 2. The largest absolute Gasteiger partial charge is 0.356 e. The Kier molecular flexibility index (Phi) is 11.7. The van der Waals surface area contributed by atoms with Gasteiger partial charge >= 0.3 is 0 Å². The summed E-state index contributed by atoms with van der Waals surface area (Å²) in [7, 11) is 0. The van der Waals surface area contributed by atoms with Gasteiger partial charge in [-0.2, -0.15) is 10.5 Å². The number of aromatic nitrogens is 4. The van der Waals surface area contributed by atoms with E-state index in [4.69, 9.17) is 33.7 Å². The number of halogens is 2. The van der Waals surface area contributed by atoms with Crippen molar-refractivity contribution < 1.29 is 0 Å². The highest BCUT2D eigenvalue weighted by Crippen LogP contribution is 2.33. The molecule has 1 N–H and O–H groups in total. The van der Waals surface area contributed by atoms with Gasteiger partial charge in [0.2, 0.25) is 10.6 Å². The number of fused-ring (bicyclic) bond motifs is 2. The van der Waals surface area contributed by atoms with Crippen LogP contribution in [0.2, 0.25) is 10.6 Å². The van der Waals surface area contributed by atoms with Gasteiger partial charge in [0, 0.05) is 63.2 Å². The Balaban J connectivity index is 0.000000210. The van der Waals surface area contributed by atoms with Crippen LogP contribution < -0.4 is 15.1 Å². The molecule has 0 amide bonds. The van der Waals surface area contributed by atoms with Crippen LogP contribution in [-0.2, 0) is 25.9 Å². The summed E-state index contributed by atoms with van der Waals surface area (Å²) in [6.07, 6.45) is 8.98. The molecule has 9 nitrogen and oxygen atoms in total. The quantitative estimate of drug-likeness (QED) is 0.438. The Morgan fingerprint density at radius 3 is 1.85 bits per heavy atom. The average molecular weight is 587 g/mol. The Labute approximate surface area is 248 Å². The summed E-state index contributed by atoms with van der Waals surface area (Å²) >= 11 is 12.1. The smallest absolute Gasteiger partial charge is 0.224 e. The molecule has 0 saturated carbocycles. The van der Waals surface area contributed by atoms with E-state index in [1.807, 2.05) is 0 Å². The minimum absolute atomic E-state index is 0. The molecule has 40 heavy (non-hydrogen) atoms. The number of nitrogens with zero attached hydrogens (tertiary/aromatic N) is 8. The second-order valence-corrected chi connectivity index (χ2v) is 11.2. The first kappa shape index (κ1) is 31.8. The number of aryl methyl sites for hydroxylation is 1. The summed E-state index contributed by atoms with van der Waals surface area (Å²) in [5.74, 6) is 2.89. The van der Waals surface area contributed by atoms with E-state index in [1.54, 1.807) is 0 Å². The zero-order chi connectivity index (χ0) is 26.5. The monoisotopic (exact) mass is 585 g/mol. The van der Waals surface area contributed by atoms with Gasteiger partial charge in [0.15, 0.2) is 0 Å². The van der Waals surface area contributed by atoms with Crippen LogP contribution in [0.4, 0.5) is 11.6 Å². The molecular formula is C29H41Cl2N9. The second-order valence-electron chi connectivity index (χ2n) is 10.6. The molecule has 2 saturated heterocycles. The number of hydrogen-bond donors (Lipinski definition) is 1. The SMILES string of the molecule is C.C.N#CC[C@@H]1CCCN(c2nc(Cl)nc3c2CCC3)C1.N#CC[C@@H]1CCCN(c2nc(Cl)nc3c2CNC3)C1. The van der Waals surface area contributed by atoms with Crippen LogP contribution in [0.1, 0.15) is 82.3 Å². The Morgan fingerprint density at radius 1 is 0.725 bits per heavy atom. The van der Waals surface area contributed by atoms with E-state index in [-0.39, 0.29) is 14.9 Å². The van der Waals surface area contributed by atoms with Gasteiger partial charge < -0.3 is 15.1 Å². The maximum Gasteiger partial charge on any atom is 0.224 e. The number of nitriles is 2. The van der Waals surface area contributed by atoms with E-state index >= 15 is 0 Å². The fourth-order valence-corrected chi connectivity index (χ4v) is 6.50. The van der Waals surface area contributed by atoms with Gasteiger partial charge in [0.05, 0.1) is 23.5 Å². The maximum absolute atomic E-state index is 8.86. The first-order valence-electron chi connectivity index (χ1n) is 13.6. The molecular weight excluding hydrogens is 545 g/mol. The van der Waals surface area contributed by atoms with E-state index in [2.05, 4.69) is 47.2 Å². The van der Waals surface area contributed by atoms with Crippen LogP contribution in [-0.4, -0.2) is 46.1 Å². The van der Waals surface area contributed by atoms with Crippen molar-refractivity contribution in [3.8, 4) is 12.1 Å². The summed E-state index contributed by atoms with van der Waals surface area (Å²) in [6, 6.07) is 4.56. The predicted octanol–water partition coefficient (Wildman–Crippen LogP) is 5.88. The molecule has 4 aliphatic rings. The van der Waals surface area contributed by atoms with E-state index in [0.29, 0.717) is 35.2 Å². The van der Waals surface area contributed by atoms with Crippen LogP contribution in [0, 0.1) is 34.5 Å². The van der Waals surface area contributed by atoms with E-state index in [1.165, 1.54) is 11.1 Å². The van der Waals surface area contributed by atoms with E-state index in [0.717, 1.165) is 107 Å². The van der Waals surface area contributed by atoms with Crippen LogP contribution in [0.5, 0.6) is 0 Å². The molecule has 2 atom stereocenters. The van der Waals surface area contributed by atoms with Gasteiger partial charge in [-0.15, -0.1) is 0 Å². The van der Waals surface area contributed by atoms with Crippen LogP contribution in [0.3, 0.4) is 0 Å². The molecule has 0 bridgehead atoms. The van der Waals surface area contributed by atoms with Crippen molar-refractivity contribution in [1.82, 2.24) is 25.3 Å². The highest BCUT2D eigenvalue weighted by atomic mass is 35.5. The molecule has 2 fully saturated rings. The predicted molar refractivity (Wildman–Crippen MR) is 160 cm³/mol. The fraction of sp³-hybridized carbons (Fsp3) is 0.655. The van der Waals surface area contributed by atoms with Crippen LogP contribution in [0.15, 0.2) is 0 Å². The lowest BCUT2D eigenvalue weighted by Crippen LogP contribution is -2.36. The molecule has 0 spiro atoms. The molecule has 3 aliphatic heterocycles. The van der Waals surface area contributed by atoms with Crippen molar-refractivity contribution in [3.05, 3.63) is 33.1 Å². The molecule has 0 aromatic carbocycles. The second kappa shape index (κ2) is 14.8. The number of hydrogen-bond acceptors (Lipinski definition) is 9. The van der Waals surface area contributed by atoms with Crippen LogP contribution >= 0.6 is 23.2 Å². The maximum atomic E-state index is 8.86. The summed E-state index contributed by atoms with van der Waals surface area (Å²) < 4.78 is 0. The van der Waals surface area contributed by atoms with Crippen molar-refractivity contribution >= 4 is 34.8 Å². The van der Waals surface area contributed by atoms with Crippen molar-refractivity contribution in [3.63, 3.8) is 0 Å². The first-order valence-corrected chi connectivity index (χ1v) is 14.4. The van der Waals surface area contributed by atoms with Gasteiger partial charge in [-0.25, -0.2) is 19.9 Å². The molecule has 1 aliphatic carbocycles. The number of nitrogens with one attached hydrogen (secondary N) is 1. The molecule has 5 heterocycles. The topological polar surface area (TPSA) is 118 Å². The van der Waals surface area contributed by atoms with Crippen molar-refractivity contribution in [2.24, 2.45) is 11.8 Å². The standard InChI is InChI=1S/C14H17ClN4.C13H16ClN5.2CH4/c15-14-17-12-5-1-4-11(12)13(18-14)19-8-2-3-10(9-19)6-7-16;14-13-17-11-7-16-6-10(11)12(18-13)19-5-1-2-9(8-19)3-4-15;;/h10H,1-6,8-9H2;9,16H,1-3,5-8H2;2*1H4/t10-;9-;;/m00../s1. The lowest BCUT2D eigenvalue weighted by atomic mass is 9.95.